The number of quaternary nitrogens is 1. The van der Waals surface area contributed by atoms with E-state index in [0.29, 0.717) is 6.07 Å². The Hall–Kier alpha value is -1.99. The Labute approximate surface area is 121 Å². The summed E-state index contributed by atoms with van der Waals surface area (Å²) < 4.78 is 53.8. The minimum atomic E-state index is -4.03. The fourth-order valence-corrected chi connectivity index (χ4v) is 2.76. The van der Waals surface area contributed by atoms with Crippen LogP contribution in [-0.4, -0.2) is 15.5 Å². The van der Waals surface area contributed by atoms with Crippen LogP contribution in [0.1, 0.15) is 5.56 Å². The van der Waals surface area contributed by atoms with E-state index in [0.717, 1.165) is 24.2 Å². The number of hydrogen-bond acceptors (Lipinski definition) is 2. The summed E-state index contributed by atoms with van der Waals surface area (Å²) in [5, 5.41) is 1.95. The molecule has 112 valence electrons. The minimum Gasteiger partial charge on any atom is -0.570 e. The Morgan fingerprint density at radius 1 is 1.10 bits per heavy atom. The predicted molar refractivity (Wildman–Crippen MR) is 74.6 cm³/mol. The highest BCUT2D eigenvalue weighted by molar-refractivity contribution is 7.94. The molecule has 0 spiro atoms. The molecule has 0 fully saturated rings. The molecule has 21 heavy (non-hydrogen) atoms. The molecule has 0 unspecified atom stereocenters. The molecule has 0 aromatic heterocycles. The van der Waals surface area contributed by atoms with E-state index in [-0.39, 0.29) is 4.90 Å². The van der Waals surface area contributed by atoms with Gasteiger partial charge >= 0.3 is 0 Å². The van der Waals surface area contributed by atoms with Gasteiger partial charge in [-0.1, -0.05) is 23.9 Å². The van der Waals surface area contributed by atoms with Gasteiger partial charge in [-0.3, -0.25) is 0 Å². The van der Waals surface area contributed by atoms with E-state index < -0.39 is 27.3 Å². The summed E-state index contributed by atoms with van der Waals surface area (Å²) in [6.45, 7) is 0.726. The third-order valence-corrected chi connectivity index (χ3v) is 4.09. The molecule has 0 saturated heterocycles. The zero-order valence-electron chi connectivity index (χ0n) is 11.3. The lowest BCUT2D eigenvalue weighted by atomic mass is 10.2. The second-order valence-electron chi connectivity index (χ2n) is 4.42. The first-order valence-corrected chi connectivity index (χ1v) is 7.66. The van der Waals surface area contributed by atoms with Crippen molar-refractivity contribution in [3.05, 3.63) is 64.4 Å². The Bertz CT molecular complexity index is 731. The Kier molecular flexibility index (Phi) is 4.54. The molecule has 0 bridgehead atoms. The molecule has 0 saturated carbocycles. The second-order valence-corrected chi connectivity index (χ2v) is 6.02. The van der Waals surface area contributed by atoms with E-state index in [1.54, 1.807) is 12.1 Å². The number of nitrogens with zero attached hydrogens (tertiary/aromatic N) is 1. The highest BCUT2D eigenvalue weighted by Gasteiger charge is 2.07. The van der Waals surface area contributed by atoms with E-state index >= 15 is 0 Å². The molecular weight excluding hydrogens is 298 g/mol. The highest BCUT2D eigenvalue weighted by atomic mass is 32.2. The second kappa shape index (κ2) is 6.19. The number of sulfonamides is 1. The Balaban J connectivity index is 2.25. The molecule has 0 aliphatic rings. The van der Waals surface area contributed by atoms with Crippen LogP contribution in [0.15, 0.2) is 47.4 Å². The maximum atomic E-state index is 13.5. The monoisotopic (exact) mass is 312 g/mol. The molecule has 0 atom stereocenters. The van der Waals surface area contributed by atoms with E-state index in [4.69, 9.17) is 0 Å². The average Bonchev–Trinajstić information content (AvgIpc) is 2.43. The number of halogens is 2. The molecule has 0 aliphatic heterocycles. The summed E-state index contributed by atoms with van der Waals surface area (Å²) in [7, 11) is -2.13. The lowest BCUT2D eigenvalue weighted by Gasteiger charge is -2.22. The molecule has 2 aromatic rings. The van der Waals surface area contributed by atoms with Gasteiger partial charge in [-0.25, -0.2) is 17.2 Å². The summed E-state index contributed by atoms with van der Waals surface area (Å²) in [6, 6.07) is 8.71. The van der Waals surface area contributed by atoms with Crippen LogP contribution in [0.25, 0.3) is 4.72 Å². The molecule has 0 radical (unpaired) electrons. The van der Waals surface area contributed by atoms with Crippen molar-refractivity contribution in [3.8, 4) is 0 Å². The summed E-state index contributed by atoms with van der Waals surface area (Å²) in [5.74, 6) is -1.81. The fourth-order valence-electron chi connectivity index (χ4n) is 1.77. The normalized spacial score (nSPS) is 11.4. The van der Waals surface area contributed by atoms with Crippen LogP contribution in [-0.2, 0) is 16.6 Å². The predicted octanol–water partition coefficient (Wildman–Crippen LogP) is 2.05. The summed E-state index contributed by atoms with van der Waals surface area (Å²) in [5.41, 5.74) is 0.548. The largest absolute Gasteiger partial charge is 0.570 e. The van der Waals surface area contributed by atoms with Crippen molar-refractivity contribution in [2.24, 2.45) is 0 Å². The summed E-state index contributed by atoms with van der Waals surface area (Å²) in [6.07, 6.45) is 0. The van der Waals surface area contributed by atoms with Gasteiger partial charge in [-0.15, -0.1) is 0 Å². The van der Waals surface area contributed by atoms with Gasteiger partial charge in [0.1, 0.15) is 28.2 Å². The molecular formula is C14H14F2N2O2S. The Morgan fingerprint density at radius 3 is 2.33 bits per heavy atom. The first kappa shape index (κ1) is 15.4. The van der Waals surface area contributed by atoms with E-state index in [9.17, 15) is 17.2 Å². The van der Waals surface area contributed by atoms with Gasteiger partial charge in [0.15, 0.2) is 0 Å². The molecule has 2 N–H and O–H groups in total. The topological polar surface area (TPSA) is 64.8 Å². The Morgan fingerprint density at radius 2 is 1.76 bits per heavy atom. The quantitative estimate of drug-likeness (QED) is 0.918. The van der Waals surface area contributed by atoms with Crippen LogP contribution in [0.2, 0.25) is 0 Å². The van der Waals surface area contributed by atoms with Crippen molar-refractivity contribution in [2.75, 3.05) is 7.05 Å². The standard InChI is InChI=1S/C14H13F2N2O2S/c1-17-9-10-2-5-12(6-3-10)21(19,20)18-14-7-4-11(15)8-13(14)16/h2-8,17H,9H2,1H3/q-1/p+1. The lowest BCUT2D eigenvalue weighted by Crippen LogP contribution is -2.77. The molecule has 0 amide bonds. The SMILES string of the molecule is C[NH2+]Cc1ccc(S(=O)(=O)[N-]c2ccc(F)cc2F)cc1. The molecule has 4 nitrogen and oxygen atoms in total. The maximum Gasteiger partial charge on any atom is 0.126 e. The number of hydrogen-bond donors (Lipinski definition) is 1. The van der Waals surface area contributed by atoms with Crippen molar-refractivity contribution in [1.82, 2.24) is 0 Å². The molecule has 0 heterocycles. The van der Waals surface area contributed by atoms with Crippen LogP contribution in [0.5, 0.6) is 0 Å². The highest BCUT2D eigenvalue weighted by Crippen LogP contribution is 2.30. The minimum absolute atomic E-state index is 0.0360. The van der Waals surface area contributed by atoms with Crippen LogP contribution in [0.4, 0.5) is 14.5 Å². The van der Waals surface area contributed by atoms with Crippen LogP contribution in [0, 0.1) is 11.6 Å². The van der Waals surface area contributed by atoms with E-state index in [1.807, 2.05) is 12.4 Å². The van der Waals surface area contributed by atoms with Crippen LogP contribution >= 0.6 is 0 Å². The van der Waals surface area contributed by atoms with Gasteiger partial charge in [0.25, 0.3) is 0 Å². The summed E-state index contributed by atoms with van der Waals surface area (Å²) >= 11 is 0. The van der Waals surface area contributed by atoms with Crippen molar-refractivity contribution < 1.29 is 22.5 Å². The van der Waals surface area contributed by atoms with Crippen LogP contribution in [0.3, 0.4) is 0 Å². The molecule has 7 heteroatoms. The van der Waals surface area contributed by atoms with Gasteiger partial charge in [-0.05, 0) is 18.2 Å². The third-order valence-electron chi connectivity index (χ3n) is 2.79. The van der Waals surface area contributed by atoms with Gasteiger partial charge < -0.3 is 10.0 Å². The van der Waals surface area contributed by atoms with Gasteiger partial charge in [-0.2, -0.15) is 0 Å². The third kappa shape index (κ3) is 3.77. The van der Waals surface area contributed by atoms with Crippen molar-refractivity contribution >= 4 is 15.7 Å². The number of nitrogens with two attached hydrogens (primary N) is 1. The van der Waals surface area contributed by atoms with Gasteiger partial charge in [0.05, 0.1) is 11.9 Å². The average molecular weight is 312 g/mol. The van der Waals surface area contributed by atoms with Gasteiger partial charge in [0.2, 0.25) is 0 Å². The number of rotatable bonds is 5. The first-order chi connectivity index (χ1) is 9.92. The van der Waals surface area contributed by atoms with E-state index in [2.05, 4.69) is 4.72 Å². The lowest BCUT2D eigenvalue weighted by molar-refractivity contribution is -0.643. The number of benzene rings is 2. The molecule has 2 aromatic carbocycles. The zero-order valence-corrected chi connectivity index (χ0v) is 12.1. The molecule has 2 rings (SSSR count). The fraction of sp³-hybridized carbons (Fsp3) is 0.143. The summed E-state index contributed by atoms with van der Waals surface area (Å²) in [4.78, 5) is -0.0360. The molecule has 0 aliphatic carbocycles. The first-order valence-electron chi connectivity index (χ1n) is 6.22. The van der Waals surface area contributed by atoms with E-state index in [1.165, 1.54) is 12.1 Å². The zero-order chi connectivity index (χ0) is 15.5. The van der Waals surface area contributed by atoms with Crippen LogP contribution < -0.4 is 5.32 Å². The van der Waals surface area contributed by atoms with Gasteiger partial charge in [0, 0.05) is 11.6 Å². The van der Waals surface area contributed by atoms with Crippen molar-refractivity contribution in [1.29, 1.82) is 0 Å². The smallest absolute Gasteiger partial charge is 0.126 e. The maximum absolute atomic E-state index is 13.5. The van der Waals surface area contributed by atoms with Crippen molar-refractivity contribution in [2.45, 2.75) is 11.4 Å². The van der Waals surface area contributed by atoms with Crippen molar-refractivity contribution in [3.63, 3.8) is 0 Å².